The Bertz CT molecular complexity index is 447. The van der Waals surface area contributed by atoms with Crippen molar-refractivity contribution in [1.29, 1.82) is 0 Å². The molecular weight excluding hydrogens is 324 g/mol. The predicted molar refractivity (Wildman–Crippen MR) is 64.5 cm³/mol. The van der Waals surface area contributed by atoms with E-state index in [0.717, 1.165) is 6.07 Å². The normalized spacial score (nSPS) is 11.4. The molecule has 0 amide bonds. The first-order valence-electron chi connectivity index (χ1n) is 4.31. The highest BCUT2D eigenvalue weighted by molar-refractivity contribution is 9.10. The van der Waals surface area contributed by atoms with Gasteiger partial charge in [-0.05, 0) is 28.1 Å². The first-order valence-corrected chi connectivity index (χ1v) is 5.51. The molecule has 17 heavy (non-hydrogen) atoms. The van der Waals surface area contributed by atoms with E-state index in [1.165, 1.54) is 6.07 Å². The summed E-state index contributed by atoms with van der Waals surface area (Å²) in [5, 5.41) is 1.95. The second kappa shape index (κ2) is 5.18. The highest BCUT2D eigenvalue weighted by Gasteiger charge is 2.27. The summed E-state index contributed by atoms with van der Waals surface area (Å²) in [6.45, 7) is -1.32. The molecule has 0 saturated heterocycles. The lowest BCUT2D eigenvalue weighted by molar-refractivity contribution is -0.115. The van der Waals surface area contributed by atoms with E-state index >= 15 is 0 Å². The van der Waals surface area contributed by atoms with Crippen LogP contribution in [-0.4, -0.2) is 17.7 Å². The molecular formula is C9H7BrF4N2S. The average Bonchev–Trinajstić information content (AvgIpc) is 2.18. The number of halogens is 5. The first kappa shape index (κ1) is 14.2. The van der Waals surface area contributed by atoms with Gasteiger partial charge in [0.1, 0.15) is 11.5 Å². The van der Waals surface area contributed by atoms with Crippen LogP contribution in [0.1, 0.15) is 5.56 Å². The smallest absolute Gasteiger partial charge is 0.389 e. The third-order valence-electron chi connectivity index (χ3n) is 1.83. The summed E-state index contributed by atoms with van der Waals surface area (Å²) in [6, 6.07) is 2.49. The summed E-state index contributed by atoms with van der Waals surface area (Å²) >= 11 is 7.55. The highest BCUT2D eigenvalue weighted by Crippen LogP contribution is 2.28. The van der Waals surface area contributed by atoms with E-state index in [2.05, 4.69) is 28.1 Å². The van der Waals surface area contributed by atoms with Gasteiger partial charge in [-0.2, -0.15) is 13.2 Å². The van der Waals surface area contributed by atoms with Crippen LogP contribution >= 0.6 is 28.1 Å². The summed E-state index contributed by atoms with van der Waals surface area (Å²) in [5.41, 5.74) is 5.27. The van der Waals surface area contributed by atoms with Crippen molar-refractivity contribution in [3.63, 3.8) is 0 Å². The van der Waals surface area contributed by atoms with Crippen molar-refractivity contribution in [2.45, 2.75) is 6.18 Å². The molecule has 0 aliphatic rings. The lowest BCUT2D eigenvalue weighted by Gasteiger charge is -2.12. The summed E-state index contributed by atoms with van der Waals surface area (Å²) in [6.07, 6.45) is -4.42. The Morgan fingerprint density at radius 1 is 1.41 bits per heavy atom. The quantitative estimate of drug-likeness (QED) is 0.660. The van der Waals surface area contributed by atoms with Crippen molar-refractivity contribution in [2.24, 2.45) is 5.73 Å². The number of alkyl halides is 3. The maximum absolute atomic E-state index is 13.6. The Balaban J connectivity index is 2.97. The summed E-state index contributed by atoms with van der Waals surface area (Å²) in [4.78, 5) is -0.0434. The van der Waals surface area contributed by atoms with Gasteiger partial charge in [-0.1, -0.05) is 12.2 Å². The van der Waals surface area contributed by atoms with Gasteiger partial charge in [0.2, 0.25) is 0 Å². The fourth-order valence-corrected chi connectivity index (χ4v) is 1.93. The number of hydrogen-bond donors (Lipinski definition) is 2. The van der Waals surface area contributed by atoms with E-state index in [9.17, 15) is 17.6 Å². The zero-order valence-corrected chi connectivity index (χ0v) is 10.6. The van der Waals surface area contributed by atoms with Crippen LogP contribution in [0.2, 0.25) is 0 Å². The van der Waals surface area contributed by atoms with Gasteiger partial charge in [-0.3, -0.25) is 0 Å². The van der Waals surface area contributed by atoms with Gasteiger partial charge in [0.15, 0.2) is 5.82 Å². The maximum Gasteiger partial charge on any atom is 0.405 e. The molecule has 8 heteroatoms. The topological polar surface area (TPSA) is 38.0 Å². The lowest BCUT2D eigenvalue weighted by Crippen LogP contribution is -2.22. The van der Waals surface area contributed by atoms with Crippen LogP contribution in [0.15, 0.2) is 16.6 Å². The Morgan fingerprint density at radius 2 is 2.00 bits per heavy atom. The van der Waals surface area contributed by atoms with Gasteiger partial charge in [0, 0.05) is 5.56 Å². The van der Waals surface area contributed by atoms with Gasteiger partial charge in [-0.15, -0.1) is 0 Å². The van der Waals surface area contributed by atoms with Crippen LogP contribution in [0.3, 0.4) is 0 Å². The Kier molecular flexibility index (Phi) is 4.31. The molecule has 1 aromatic rings. The van der Waals surface area contributed by atoms with E-state index in [4.69, 9.17) is 5.73 Å². The van der Waals surface area contributed by atoms with E-state index in [-0.39, 0.29) is 20.7 Å². The molecule has 0 spiro atoms. The van der Waals surface area contributed by atoms with Crippen molar-refractivity contribution in [3.8, 4) is 0 Å². The lowest BCUT2D eigenvalue weighted by atomic mass is 10.2. The molecule has 1 rings (SSSR count). The summed E-state index contributed by atoms with van der Waals surface area (Å²) in [5.74, 6) is -0.862. The third kappa shape index (κ3) is 3.81. The van der Waals surface area contributed by atoms with Crippen LogP contribution in [0.4, 0.5) is 23.2 Å². The maximum atomic E-state index is 13.6. The van der Waals surface area contributed by atoms with E-state index < -0.39 is 18.5 Å². The highest BCUT2D eigenvalue weighted by atomic mass is 79.9. The molecule has 0 bridgehead atoms. The molecule has 0 aliphatic carbocycles. The second-order valence-corrected chi connectivity index (χ2v) is 4.35. The molecule has 0 atom stereocenters. The van der Waals surface area contributed by atoms with E-state index in [1.54, 1.807) is 0 Å². The molecule has 3 N–H and O–H groups in total. The average molecular weight is 331 g/mol. The van der Waals surface area contributed by atoms with Crippen LogP contribution in [0, 0.1) is 5.82 Å². The standard InChI is InChI=1S/C9H7BrF4N2S/c10-6-4(8(15)17)1-2-5(7(6)11)16-3-9(12,13)14/h1-2,16H,3H2,(H2,15,17). The van der Waals surface area contributed by atoms with Crippen molar-refractivity contribution in [2.75, 3.05) is 11.9 Å². The molecule has 0 saturated carbocycles. The van der Waals surface area contributed by atoms with Gasteiger partial charge in [0.05, 0.1) is 10.2 Å². The summed E-state index contributed by atoms with van der Waals surface area (Å²) < 4.78 is 49.4. The van der Waals surface area contributed by atoms with Crippen LogP contribution in [0.25, 0.3) is 0 Å². The minimum Gasteiger partial charge on any atom is -0.389 e. The Labute approximate surface area is 108 Å². The number of rotatable bonds is 3. The Morgan fingerprint density at radius 3 is 2.47 bits per heavy atom. The zero-order chi connectivity index (χ0) is 13.2. The minimum atomic E-state index is -4.42. The largest absolute Gasteiger partial charge is 0.405 e. The first-order chi connectivity index (χ1) is 7.72. The molecule has 94 valence electrons. The number of anilines is 1. The summed E-state index contributed by atoms with van der Waals surface area (Å²) in [7, 11) is 0. The van der Waals surface area contributed by atoms with Crippen molar-refractivity contribution in [1.82, 2.24) is 0 Å². The number of benzene rings is 1. The molecule has 0 heterocycles. The molecule has 1 aromatic carbocycles. The van der Waals surface area contributed by atoms with E-state index in [0.29, 0.717) is 0 Å². The van der Waals surface area contributed by atoms with E-state index in [1.807, 2.05) is 5.32 Å². The van der Waals surface area contributed by atoms with Crippen LogP contribution in [0.5, 0.6) is 0 Å². The van der Waals surface area contributed by atoms with Crippen molar-refractivity contribution >= 4 is 38.8 Å². The number of nitrogens with two attached hydrogens (primary N) is 1. The fraction of sp³-hybridized carbons (Fsp3) is 0.222. The SMILES string of the molecule is NC(=S)c1ccc(NCC(F)(F)F)c(F)c1Br. The molecule has 0 unspecified atom stereocenters. The molecule has 0 radical (unpaired) electrons. The van der Waals surface area contributed by atoms with Crippen LogP contribution in [-0.2, 0) is 0 Å². The van der Waals surface area contributed by atoms with Crippen molar-refractivity contribution in [3.05, 3.63) is 28.0 Å². The monoisotopic (exact) mass is 330 g/mol. The second-order valence-electron chi connectivity index (χ2n) is 3.12. The molecule has 0 aromatic heterocycles. The van der Waals surface area contributed by atoms with Gasteiger partial charge >= 0.3 is 6.18 Å². The Hall–Kier alpha value is -0.890. The van der Waals surface area contributed by atoms with Gasteiger partial charge < -0.3 is 11.1 Å². The number of nitrogens with one attached hydrogen (secondary N) is 1. The third-order valence-corrected chi connectivity index (χ3v) is 2.82. The fourth-order valence-electron chi connectivity index (χ4n) is 1.07. The molecule has 0 aliphatic heterocycles. The number of hydrogen-bond acceptors (Lipinski definition) is 2. The predicted octanol–water partition coefficient (Wildman–Crippen LogP) is 3.20. The van der Waals surface area contributed by atoms with Gasteiger partial charge in [0.25, 0.3) is 0 Å². The molecule has 0 fully saturated rings. The van der Waals surface area contributed by atoms with Crippen molar-refractivity contribution < 1.29 is 17.6 Å². The zero-order valence-electron chi connectivity index (χ0n) is 8.24. The van der Waals surface area contributed by atoms with Gasteiger partial charge in [-0.25, -0.2) is 4.39 Å². The van der Waals surface area contributed by atoms with Crippen LogP contribution < -0.4 is 11.1 Å². The minimum absolute atomic E-state index is 0.0434. The number of thiocarbonyl (C=S) groups is 1. The molecule has 2 nitrogen and oxygen atoms in total.